The molecule has 1 aromatic carbocycles. The van der Waals surface area contributed by atoms with E-state index in [2.05, 4.69) is 0 Å². The molecule has 0 spiro atoms. The van der Waals surface area contributed by atoms with E-state index in [0.717, 1.165) is 11.8 Å². The zero-order chi connectivity index (χ0) is 10.8. The molecular weight excluding hydrogens is 178 g/mol. The number of phenolic OH excluding ortho intramolecular Hbond substituents is 1. The fraction of sp³-hybridized carbons (Fsp3) is 0.364. The van der Waals surface area contributed by atoms with Crippen molar-refractivity contribution in [2.24, 2.45) is 5.73 Å². The van der Waals surface area contributed by atoms with Crippen molar-refractivity contribution in [3.8, 4) is 5.75 Å². The van der Waals surface area contributed by atoms with Crippen molar-refractivity contribution < 1.29 is 9.90 Å². The van der Waals surface area contributed by atoms with E-state index in [0.29, 0.717) is 12.0 Å². The molecule has 0 heterocycles. The zero-order valence-corrected chi connectivity index (χ0v) is 8.45. The van der Waals surface area contributed by atoms with Crippen molar-refractivity contribution in [1.29, 1.82) is 0 Å². The van der Waals surface area contributed by atoms with Gasteiger partial charge in [0, 0.05) is 11.1 Å². The van der Waals surface area contributed by atoms with Gasteiger partial charge >= 0.3 is 0 Å². The molecule has 76 valence electrons. The Hall–Kier alpha value is -1.35. The summed E-state index contributed by atoms with van der Waals surface area (Å²) in [6.45, 7) is 3.76. The molecule has 0 saturated heterocycles. The van der Waals surface area contributed by atoms with Crippen molar-refractivity contribution in [3.05, 3.63) is 29.3 Å². The van der Waals surface area contributed by atoms with E-state index in [9.17, 15) is 9.90 Å². The molecule has 0 fully saturated rings. The van der Waals surface area contributed by atoms with Gasteiger partial charge in [-0.3, -0.25) is 4.79 Å². The predicted octanol–water partition coefficient (Wildman–Crippen LogP) is 1.48. The van der Waals surface area contributed by atoms with Crippen LogP contribution in [0.3, 0.4) is 0 Å². The summed E-state index contributed by atoms with van der Waals surface area (Å²) in [5, 5.41) is 9.27. The minimum Gasteiger partial charge on any atom is -0.508 e. The Balaban J connectivity index is 3.05. The van der Waals surface area contributed by atoms with Crippen LogP contribution >= 0.6 is 0 Å². The molecule has 14 heavy (non-hydrogen) atoms. The van der Waals surface area contributed by atoms with Crippen molar-refractivity contribution in [1.82, 2.24) is 0 Å². The average Bonchev–Trinajstić information content (AvgIpc) is 2.01. The monoisotopic (exact) mass is 193 g/mol. The first kappa shape index (κ1) is 10.7. The first-order valence-electron chi connectivity index (χ1n) is 4.48. The second-order valence-electron chi connectivity index (χ2n) is 4.17. The molecule has 0 aliphatic rings. The minimum absolute atomic E-state index is 0.162. The van der Waals surface area contributed by atoms with Gasteiger partial charge < -0.3 is 10.8 Å². The van der Waals surface area contributed by atoms with Crippen molar-refractivity contribution >= 4 is 6.29 Å². The van der Waals surface area contributed by atoms with Gasteiger partial charge in [0.25, 0.3) is 0 Å². The van der Waals surface area contributed by atoms with Crippen molar-refractivity contribution in [2.45, 2.75) is 25.8 Å². The van der Waals surface area contributed by atoms with Crippen LogP contribution in [-0.2, 0) is 6.42 Å². The third kappa shape index (κ3) is 2.85. The number of phenols is 1. The fourth-order valence-electron chi connectivity index (χ4n) is 1.35. The number of hydrogen-bond donors (Lipinski definition) is 2. The van der Waals surface area contributed by atoms with E-state index in [4.69, 9.17) is 5.73 Å². The molecule has 0 amide bonds. The smallest absolute Gasteiger partial charge is 0.150 e. The molecule has 0 aliphatic heterocycles. The normalized spacial score (nSPS) is 11.4. The topological polar surface area (TPSA) is 63.3 Å². The quantitative estimate of drug-likeness (QED) is 0.715. The van der Waals surface area contributed by atoms with Crippen LogP contribution in [-0.4, -0.2) is 16.9 Å². The molecule has 3 heteroatoms. The zero-order valence-electron chi connectivity index (χ0n) is 8.45. The van der Waals surface area contributed by atoms with Gasteiger partial charge in [0.05, 0.1) is 0 Å². The lowest BCUT2D eigenvalue weighted by Crippen LogP contribution is -2.34. The number of hydrogen-bond acceptors (Lipinski definition) is 3. The summed E-state index contributed by atoms with van der Waals surface area (Å²) in [5.41, 5.74) is 6.83. The first-order chi connectivity index (χ1) is 6.42. The van der Waals surface area contributed by atoms with Crippen LogP contribution in [0.4, 0.5) is 0 Å². The molecule has 0 saturated carbocycles. The summed E-state index contributed by atoms with van der Waals surface area (Å²) in [4.78, 5) is 10.7. The molecule has 0 bridgehead atoms. The molecular formula is C11H15NO2. The Bertz CT molecular complexity index is 340. The van der Waals surface area contributed by atoms with Gasteiger partial charge in [0.15, 0.2) is 0 Å². The van der Waals surface area contributed by atoms with Crippen LogP contribution in [0, 0.1) is 0 Å². The number of benzene rings is 1. The van der Waals surface area contributed by atoms with Gasteiger partial charge in [-0.05, 0) is 44.0 Å². The lowest BCUT2D eigenvalue weighted by molar-refractivity contribution is 0.112. The Morgan fingerprint density at radius 1 is 1.50 bits per heavy atom. The molecule has 0 unspecified atom stereocenters. The van der Waals surface area contributed by atoms with E-state index >= 15 is 0 Å². The maximum absolute atomic E-state index is 10.7. The first-order valence-corrected chi connectivity index (χ1v) is 4.48. The lowest BCUT2D eigenvalue weighted by atomic mass is 9.93. The van der Waals surface area contributed by atoms with E-state index in [-0.39, 0.29) is 11.3 Å². The van der Waals surface area contributed by atoms with Gasteiger partial charge in [-0.1, -0.05) is 0 Å². The number of rotatable bonds is 3. The SMILES string of the molecule is CC(C)(N)Cc1cc(O)ccc1C=O. The predicted molar refractivity (Wildman–Crippen MR) is 55.5 cm³/mol. The number of nitrogens with two attached hydrogens (primary N) is 1. The Labute approximate surface area is 83.6 Å². The van der Waals surface area contributed by atoms with E-state index in [1.54, 1.807) is 12.1 Å². The lowest BCUT2D eigenvalue weighted by Gasteiger charge is -2.19. The number of carbonyl (C=O) groups is 1. The standard InChI is InChI=1S/C11H15NO2/c1-11(2,12)6-9-5-10(14)4-3-8(9)7-13/h3-5,7,14H,6,12H2,1-2H3. The van der Waals surface area contributed by atoms with Crippen LogP contribution in [0.15, 0.2) is 18.2 Å². The minimum atomic E-state index is -0.383. The average molecular weight is 193 g/mol. The summed E-state index contributed by atoms with van der Waals surface area (Å²) in [5.74, 6) is 0.162. The molecule has 0 aromatic heterocycles. The second kappa shape index (κ2) is 3.80. The van der Waals surface area contributed by atoms with E-state index < -0.39 is 0 Å². The van der Waals surface area contributed by atoms with Crippen molar-refractivity contribution in [2.75, 3.05) is 0 Å². The summed E-state index contributed by atoms with van der Waals surface area (Å²) in [6, 6.07) is 4.68. The highest BCUT2D eigenvalue weighted by atomic mass is 16.3. The van der Waals surface area contributed by atoms with E-state index in [1.807, 2.05) is 13.8 Å². The Morgan fingerprint density at radius 2 is 2.14 bits per heavy atom. The molecule has 3 nitrogen and oxygen atoms in total. The van der Waals surface area contributed by atoms with E-state index in [1.165, 1.54) is 6.07 Å². The highest BCUT2D eigenvalue weighted by Gasteiger charge is 2.14. The third-order valence-electron chi connectivity index (χ3n) is 1.90. The van der Waals surface area contributed by atoms with Gasteiger partial charge in [-0.25, -0.2) is 0 Å². The second-order valence-corrected chi connectivity index (χ2v) is 4.17. The number of aldehydes is 1. The van der Waals surface area contributed by atoms with Crippen LogP contribution in [0.25, 0.3) is 0 Å². The fourth-order valence-corrected chi connectivity index (χ4v) is 1.35. The van der Waals surface area contributed by atoms with Crippen LogP contribution in [0.5, 0.6) is 5.75 Å². The largest absolute Gasteiger partial charge is 0.508 e. The Morgan fingerprint density at radius 3 is 2.64 bits per heavy atom. The highest BCUT2D eigenvalue weighted by molar-refractivity contribution is 5.77. The van der Waals surface area contributed by atoms with Crippen LogP contribution < -0.4 is 5.73 Å². The molecule has 1 aromatic rings. The van der Waals surface area contributed by atoms with Crippen LogP contribution in [0.2, 0.25) is 0 Å². The molecule has 0 atom stereocenters. The molecule has 0 aliphatic carbocycles. The molecule has 3 N–H and O–H groups in total. The summed E-state index contributed by atoms with van der Waals surface area (Å²) in [6.07, 6.45) is 1.34. The number of carbonyl (C=O) groups excluding carboxylic acids is 1. The Kier molecular flexibility index (Phi) is 2.91. The third-order valence-corrected chi connectivity index (χ3v) is 1.90. The van der Waals surface area contributed by atoms with Crippen LogP contribution in [0.1, 0.15) is 29.8 Å². The highest BCUT2D eigenvalue weighted by Crippen LogP contribution is 2.19. The maximum atomic E-state index is 10.7. The molecule has 1 rings (SSSR count). The maximum Gasteiger partial charge on any atom is 0.150 e. The summed E-state index contributed by atoms with van der Waals surface area (Å²) >= 11 is 0. The van der Waals surface area contributed by atoms with Gasteiger partial charge in [0.1, 0.15) is 12.0 Å². The van der Waals surface area contributed by atoms with Gasteiger partial charge in [0.2, 0.25) is 0 Å². The number of aromatic hydroxyl groups is 1. The molecule has 0 radical (unpaired) electrons. The van der Waals surface area contributed by atoms with Gasteiger partial charge in [-0.15, -0.1) is 0 Å². The van der Waals surface area contributed by atoms with Gasteiger partial charge in [-0.2, -0.15) is 0 Å². The van der Waals surface area contributed by atoms with Crippen molar-refractivity contribution in [3.63, 3.8) is 0 Å². The summed E-state index contributed by atoms with van der Waals surface area (Å²) < 4.78 is 0. The summed E-state index contributed by atoms with van der Waals surface area (Å²) in [7, 11) is 0.